The number of aromatic amines is 1. The standard InChI is InChI=1S/C13H26N4O2S/c1-4-6-8-17(9-7-5-2)20(18,19)13-11(3)15-16-12(13)10-14/h4-10,14H2,1-3H3,(H,15,16). The minimum Gasteiger partial charge on any atom is -0.325 e. The van der Waals surface area contributed by atoms with Crippen molar-refractivity contribution in [2.75, 3.05) is 13.1 Å². The van der Waals surface area contributed by atoms with Crippen LogP contribution in [0.5, 0.6) is 0 Å². The first-order valence-electron chi connectivity index (χ1n) is 7.23. The zero-order valence-corrected chi connectivity index (χ0v) is 13.5. The lowest BCUT2D eigenvalue weighted by atomic mass is 10.3. The van der Waals surface area contributed by atoms with Gasteiger partial charge in [0.2, 0.25) is 10.0 Å². The third-order valence-electron chi connectivity index (χ3n) is 3.27. The smallest absolute Gasteiger partial charge is 0.246 e. The Morgan fingerprint density at radius 2 is 1.75 bits per heavy atom. The molecule has 116 valence electrons. The Morgan fingerprint density at radius 1 is 1.20 bits per heavy atom. The highest BCUT2D eigenvalue weighted by atomic mass is 32.2. The molecule has 0 spiro atoms. The van der Waals surface area contributed by atoms with Crippen molar-refractivity contribution in [3.63, 3.8) is 0 Å². The molecule has 1 rings (SSSR count). The van der Waals surface area contributed by atoms with Gasteiger partial charge in [-0.1, -0.05) is 26.7 Å². The van der Waals surface area contributed by atoms with Gasteiger partial charge < -0.3 is 5.73 Å². The first kappa shape index (κ1) is 17.1. The Kier molecular flexibility index (Phi) is 6.64. The van der Waals surface area contributed by atoms with Gasteiger partial charge in [-0.3, -0.25) is 5.10 Å². The van der Waals surface area contributed by atoms with E-state index in [0.717, 1.165) is 25.7 Å². The van der Waals surface area contributed by atoms with E-state index in [1.807, 2.05) is 0 Å². The average Bonchev–Trinajstić information content (AvgIpc) is 2.80. The monoisotopic (exact) mass is 302 g/mol. The van der Waals surface area contributed by atoms with Crippen LogP contribution in [0.1, 0.15) is 50.9 Å². The van der Waals surface area contributed by atoms with Crippen LogP contribution in [-0.4, -0.2) is 36.0 Å². The van der Waals surface area contributed by atoms with Crippen molar-refractivity contribution in [1.29, 1.82) is 0 Å². The molecule has 0 unspecified atom stereocenters. The highest BCUT2D eigenvalue weighted by Crippen LogP contribution is 2.22. The fourth-order valence-corrected chi connectivity index (χ4v) is 3.96. The van der Waals surface area contributed by atoms with E-state index in [1.165, 1.54) is 0 Å². The highest BCUT2D eigenvalue weighted by molar-refractivity contribution is 7.89. The van der Waals surface area contributed by atoms with Crippen LogP contribution in [0.15, 0.2) is 4.90 Å². The van der Waals surface area contributed by atoms with Crippen molar-refractivity contribution >= 4 is 10.0 Å². The number of unbranched alkanes of at least 4 members (excludes halogenated alkanes) is 2. The van der Waals surface area contributed by atoms with Gasteiger partial charge in [0.25, 0.3) is 0 Å². The van der Waals surface area contributed by atoms with Gasteiger partial charge in [0.15, 0.2) is 0 Å². The molecule has 0 bridgehead atoms. The molecule has 3 N–H and O–H groups in total. The maximum atomic E-state index is 12.8. The van der Waals surface area contributed by atoms with Crippen molar-refractivity contribution in [1.82, 2.24) is 14.5 Å². The van der Waals surface area contributed by atoms with Crippen molar-refractivity contribution < 1.29 is 8.42 Å². The van der Waals surface area contributed by atoms with Crippen LogP contribution in [0.25, 0.3) is 0 Å². The first-order valence-corrected chi connectivity index (χ1v) is 8.67. The lowest BCUT2D eigenvalue weighted by Crippen LogP contribution is -2.34. The van der Waals surface area contributed by atoms with Crippen LogP contribution >= 0.6 is 0 Å². The number of hydrogen-bond donors (Lipinski definition) is 2. The van der Waals surface area contributed by atoms with E-state index < -0.39 is 10.0 Å². The maximum absolute atomic E-state index is 12.8. The summed E-state index contributed by atoms with van der Waals surface area (Å²) in [6.07, 6.45) is 3.65. The molecule has 0 aliphatic heterocycles. The Morgan fingerprint density at radius 3 is 2.20 bits per heavy atom. The summed E-state index contributed by atoms with van der Waals surface area (Å²) in [4.78, 5) is 0.257. The average molecular weight is 302 g/mol. The van der Waals surface area contributed by atoms with Gasteiger partial charge in [0.05, 0.1) is 11.4 Å². The number of H-pyrrole nitrogens is 1. The molecule has 0 saturated heterocycles. The minimum atomic E-state index is -3.52. The maximum Gasteiger partial charge on any atom is 0.246 e. The Balaban J connectivity index is 3.10. The molecule has 1 heterocycles. The van der Waals surface area contributed by atoms with E-state index in [-0.39, 0.29) is 11.4 Å². The number of hydrogen-bond acceptors (Lipinski definition) is 4. The molecule has 0 aromatic carbocycles. The van der Waals surface area contributed by atoms with E-state index in [0.29, 0.717) is 24.5 Å². The Labute approximate surface area is 121 Å². The zero-order valence-electron chi connectivity index (χ0n) is 12.6. The zero-order chi connectivity index (χ0) is 15.2. The summed E-state index contributed by atoms with van der Waals surface area (Å²) >= 11 is 0. The summed E-state index contributed by atoms with van der Waals surface area (Å²) in [5, 5.41) is 6.71. The van der Waals surface area contributed by atoms with Crippen LogP contribution in [-0.2, 0) is 16.6 Å². The molecular formula is C13H26N4O2S. The molecular weight excluding hydrogens is 276 g/mol. The van der Waals surface area contributed by atoms with Crippen LogP contribution in [0.4, 0.5) is 0 Å². The molecule has 0 saturated carbocycles. The third kappa shape index (κ3) is 3.80. The number of aromatic nitrogens is 2. The van der Waals surface area contributed by atoms with Crippen LogP contribution in [0.2, 0.25) is 0 Å². The largest absolute Gasteiger partial charge is 0.325 e. The lowest BCUT2D eigenvalue weighted by Gasteiger charge is -2.22. The lowest BCUT2D eigenvalue weighted by molar-refractivity contribution is 0.394. The predicted octanol–water partition coefficient (Wildman–Crippen LogP) is 1.77. The van der Waals surface area contributed by atoms with Gasteiger partial charge in [0.1, 0.15) is 4.90 Å². The van der Waals surface area contributed by atoms with Crippen molar-refractivity contribution in [3.05, 3.63) is 11.4 Å². The first-order chi connectivity index (χ1) is 9.48. The number of rotatable bonds is 9. The molecule has 1 aromatic rings. The normalized spacial score (nSPS) is 12.2. The van der Waals surface area contributed by atoms with Crippen LogP contribution in [0, 0.1) is 6.92 Å². The van der Waals surface area contributed by atoms with Gasteiger partial charge in [-0.2, -0.15) is 9.40 Å². The van der Waals surface area contributed by atoms with Crippen molar-refractivity contribution in [2.24, 2.45) is 5.73 Å². The summed E-state index contributed by atoms with van der Waals surface area (Å²) in [6.45, 7) is 7.05. The number of nitrogens with zero attached hydrogens (tertiary/aromatic N) is 2. The molecule has 6 nitrogen and oxygen atoms in total. The summed E-state index contributed by atoms with van der Waals surface area (Å²) in [6, 6.07) is 0. The summed E-state index contributed by atoms with van der Waals surface area (Å²) in [5.41, 5.74) is 6.57. The minimum absolute atomic E-state index is 0.119. The third-order valence-corrected chi connectivity index (χ3v) is 5.38. The molecule has 0 aliphatic rings. The quantitative estimate of drug-likeness (QED) is 0.727. The number of sulfonamides is 1. The van der Waals surface area contributed by atoms with Crippen molar-refractivity contribution in [3.8, 4) is 0 Å². The second kappa shape index (κ2) is 7.75. The summed E-state index contributed by atoms with van der Waals surface area (Å²) in [7, 11) is -3.52. The van der Waals surface area contributed by atoms with Crippen LogP contribution < -0.4 is 5.73 Å². The van der Waals surface area contributed by atoms with Crippen molar-refractivity contribution in [2.45, 2.75) is 57.9 Å². The SMILES string of the molecule is CCCCN(CCCC)S(=O)(=O)c1c(CN)n[nH]c1C. The highest BCUT2D eigenvalue weighted by Gasteiger charge is 2.29. The fourth-order valence-electron chi connectivity index (χ4n) is 2.10. The molecule has 0 fully saturated rings. The van der Waals surface area contributed by atoms with Crippen LogP contribution in [0.3, 0.4) is 0 Å². The summed E-state index contributed by atoms with van der Waals surface area (Å²) in [5.74, 6) is 0. The number of aryl methyl sites for hydroxylation is 1. The molecule has 0 amide bonds. The van der Waals surface area contributed by atoms with Gasteiger partial charge in [-0.05, 0) is 19.8 Å². The number of nitrogens with two attached hydrogens (primary N) is 1. The Bertz CT molecular complexity index is 502. The van der Waals surface area contributed by atoms with E-state index >= 15 is 0 Å². The van der Waals surface area contributed by atoms with Gasteiger partial charge in [-0.15, -0.1) is 0 Å². The molecule has 0 radical (unpaired) electrons. The summed E-state index contributed by atoms with van der Waals surface area (Å²) < 4.78 is 27.2. The van der Waals surface area contributed by atoms with Gasteiger partial charge in [-0.25, -0.2) is 8.42 Å². The number of nitrogens with one attached hydrogen (secondary N) is 1. The van der Waals surface area contributed by atoms with E-state index in [2.05, 4.69) is 24.0 Å². The molecule has 20 heavy (non-hydrogen) atoms. The van der Waals surface area contributed by atoms with E-state index in [4.69, 9.17) is 5.73 Å². The second-order valence-corrected chi connectivity index (χ2v) is 6.81. The van der Waals surface area contributed by atoms with Gasteiger partial charge in [0, 0.05) is 19.6 Å². The second-order valence-electron chi connectivity index (χ2n) is 4.94. The molecule has 0 aliphatic carbocycles. The molecule has 1 aromatic heterocycles. The topological polar surface area (TPSA) is 92.1 Å². The predicted molar refractivity (Wildman–Crippen MR) is 79.8 cm³/mol. The molecule has 0 atom stereocenters. The Hall–Kier alpha value is -0.920. The van der Waals surface area contributed by atoms with E-state index in [9.17, 15) is 8.42 Å². The molecule has 7 heteroatoms. The fraction of sp³-hybridized carbons (Fsp3) is 0.769. The van der Waals surface area contributed by atoms with E-state index in [1.54, 1.807) is 11.2 Å². The van der Waals surface area contributed by atoms with Gasteiger partial charge >= 0.3 is 0 Å².